The summed E-state index contributed by atoms with van der Waals surface area (Å²) in [7, 11) is 0. The lowest BCUT2D eigenvalue weighted by molar-refractivity contribution is 0.122. The summed E-state index contributed by atoms with van der Waals surface area (Å²) < 4.78 is 7.94. The van der Waals surface area contributed by atoms with Crippen molar-refractivity contribution in [2.75, 3.05) is 31.2 Å². The maximum atomic E-state index is 12.0. The van der Waals surface area contributed by atoms with E-state index in [-0.39, 0.29) is 5.56 Å². The summed E-state index contributed by atoms with van der Waals surface area (Å²) in [5.74, 6) is 0. The predicted octanol–water partition coefficient (Wildman–Crippen LogP) is 1.80. The molecule has 0 spiro atoms. The van der Waals surface area contributed by atoms with Crippen molar-refractivity contribution in [2.45, 2.75) is 6.54 Å². The zero-order valence-corrected chi connectivity index (χ0v) is 13.4. The molecular formula is C14H14N4O2S2. The highest BCUT2D eigenvalue weighted by atomic mass is 32.1. The Balaban J connectivity index is 1.76. The number of anilines is 1. The molecule has 0 bridgehead atoms. The van der Waals surface area contributed by atoms with Crippen LogP contribution in [0.15, 0.2) is 27.9 Å². The van der Waals surface area contributed by atoms with Gasteiger partial charge in [-0.3, -0.25) is 4.79 Å². The highest BCUT2D eigenvalue weighted by Crippen LogP contribution is 2.27. The van der Waals surface area contributed by atoms with Gasteiger partial charge in [-0.05, 0) is 22.4 Å². The number of hydrogen-bond donors (Lipinski definition) is 0. The van der Waals surface area contributed by atoms with Crippen LogP contribution in [0.2, 0.25) is 0 Å². The van der Waals surface area contributed by atoms with Crippen molar-refractivity contribution in [2.24, 2.45) is 0 Å². The van der Waals surface area contributed by atoms with E-state index in [1.165, 1.54) is 16.9 Å². The molecule has 22 heavy (non-hydrogen) atoms. The summed E-state index contributed by atoms with van der Waals surface area (Å²) in [5, 5.41) is 5.02. The van der Waals surface area contributed by atoms with Gasteiger partial charge < -0.3 is 14.2 Å². The third kappa shape index (κ3) is 2.53. The van der Waals surface area contributed by atoms with E-state index in [4.69, 9.17) is 9.72 Å². The van der Waals surface area contributed by atoms with Crippen molar-refractivity contribution in [1.82, 2.24) is 14.5 Å². The molecule has 1 aliphatic heterocycles. The number of aromatic nitrogens is 3. The predicted molar refractivity (Wildman–Crippen MR) is 88.1 cm³/mol. The van der Waals surface area contributed by atoms with Crippen LogP contribution < -0.4 is 10.5 Å². The van der Waals surface area contributed by atoms with Crippen LogP contribution in [0.25, 0.3) is 10.3 Å². The highest BCUT2D eigenvalue weighted by Gasteiger charge is 2.18. The number of morpholine rings is 1. The van der Waals surface area contributed by atoms with E-state index >= 15 is 0 Å². The maximum absolute atomic E-state index is 12.0. The normalized spacial score (nSPS) is 15.5. The molecule has 0 saturated carbocycles. The lowest BCUT2D eigenvalue weighted by atomic mass is 10.3. The molecule has 0 aromatic carbocycles. The van der Waals surface area contributed by atoms with Gasteiger partial charge in [0, 0.05) is 13.1 Å². The second kappa shape index (κ2) is 5.79. The SMILES string of the molecule is O=c1ncn(Cc2ccsc2)c2nc(N3CCOCC3)sc12. The molecule has 0 atom stereocenters. The van der Waals surface area contributed by atoms with E-state index in [2.05, 4.69) is 21.3 Å². The van der Waals surface area contributed by atoms with Crippen molar-refractivity contribution in [1.29, 1.82) is 0 Å². The standard InChI is InChI=1S/C14H14N4O2S2/c19-13-11-12(16-14(22-11)17-2-4-20-5-3-17)18(9-15-13)7-10-1-6-21-8-10/h1,6,8-9H,2-5,7H2. The molecule has 8 heteroatoms. The first kappa shape index (κ1) is 13.9. The Morgan fingerprint density at radius 1 is 1.32 bits per heavy atom. The second-order valence-corrected chi connectivity index (χ2v) is 6.82. The van der Waals surface area contributed by atoms with Gasteiger partial charge in [0.1, 0.15) is 11.0 Å². The summed E-state index contributed by atoms with van der Waals surface area (Å²) in [5.41, 5.74) is 1.71. The van der Waals surface area contributed by atoms with Gasteiger partial charge in [-0.15, -0.1) is 0 Å². The minimum Gasteiger partial charge on any atom is -0.378 e. The van der Waals surface area contributed by atoms with Crippen molar-refractivity contribution >= 4 is 38.2 Å². The van der Waals surface area contributed by atoms with Crippen LogP contribution in [0.5, 0.6) is 0 Å². The lowest BCUT2D eigenvalue weighted by Gasteiger charge is -2.25. The molecule has 6 nitrogen and oxygen atoms in total. The summed E-state index contributed by atoms with van der Waals surface area (Å²) >= 11 is 3.08. The molecule has 1 fully saturated rings. The smallest absolute Gasteiger partial charge is 0.292 e. The van der Waals surface area contributed by atoms with Gasteiger partial charge in [-0.1, -0.05) is 11.3 Å². The van der Waals surface area contributed by atoms with Crippen molar-refractivity contribution in [3.63, 3.8) is 0 Å². The van der Waals surface area contributed by atoms with Crippen LogP contribution in [-0.4, -0.2) is 40.8 Å². The molecule has 0 radical (unpaired) electrons. The van der Waals surface area contributed by atoms with Gasteiger partial charge in [0.2, 0.25) is 0 Å². The van der Waals surface area contributed by atoms with Crippen LogP contribution in [0, 0.1) is 0 Å². The fourth-order valence-corrected chi connectivity index (χ4v) is 4.14. The number of hydrogen-bond acceptors (Lipinski definition) is 7. The Bertz CT molecular complexity index is 834. The van der Waals surface area contributed by atoms with E-state index in [0.29, 0.717) is 24.5 Å². The number of fused-ring (bicyclic) bond motifs is 1. The fraction of sp³-hybridized carbons (Fsp3) is 0.357. The first-order valence-electron chi connectivity index (χ1n) is 7.01. The number of ether oxygens (including phenoxy) is 1. The average Bonchev–Trinajstić information content (AvgIpc) is 3.21. The Hall–Kier alpha value is -1.77. The molecule has 3 aromatic rings. The van der Waals surface area contributed by atoms with Gasteiger partial charge in [-0.2, -0.15) is 16.3 Å². The minimum absolute atomic E-state index is 0.200. The van der Waals surface area contributed by atoms with Crippen LogP contribution in [0.3, 0.4) is 0 Å². The highest BCUT2D eigenvalue weighted by molar-refractivity contribution is 7.22. The van der Waals surface area contributed by atoms with E-state index in [0.717, 1.165) is 23.9 Å². The Morgan fingerprint density at radius 2 is 2.18 bits per heavy atom. The Kier molecular flexibility index (Phi) is 3.65. The molecule has 1 aliphatic rings. The monoisotopic (exact) mass is 334 g/mol. The average molecular weight is 334 g/mol. The molecule has 0 unspecified atom stereocenters. The number of thiazole rings is 1. The van der Waals surface area contributed by atoms with Gasteiger partial charge in [0.15, 0.2) is 10.8 Å². The third-order valence-corrected chi connectivity index (χ3v) is 5.42. The molecule has 1 saturated heterocycles. The van der Waals surface area contributed by atoms with Gasteiger partial charge in [0.05, 0.1) is 19.8 Å². The summed E-state index contributed by atoms with van der Waals surface area (Å²) in [6.07, 6.45) is 1.59. The molecule has 3 aromatic heterocycles. The van der Waals surface area contributed by atoms with E-state index in [9.17, 15) is 4.79 Å². The van der Waals surface area contributed by atoms with Crippen molar-refractivity contribution in [3.05, 3.63) is 39.1 Å². The number of rotatable bonds is 3. The van der Waals surface area contributed by atoms with Gasteiger partial charge in [0.25, 0.3) is 5.56 Å². The Morgan fingerprint density at radius 3 is 2.95 bits per heavy atom. The van der Waals surface area contributed by atoms with Gasteiger partial charge >= 0.3 is 0 Å². The Labute approximate surface area is 134 Å². The number of nitrogens with zero attached hydrogens (tertiary/aromatic N) is 4. The topological polar surface area (TPSA) is 60.2 Å². The molecule has 0 aliphatic carbocycles. The quantitative estimate of drug-likeness (QED) is 0.731. The van der Waals surface area contributed by atoms with Crippen molar-refractivity contribution < 1.29 is 4.74 Å². The minimum atomic E-state index is -0.200. The molecule has 114 valence electrons. The zero-order valence-electron chi connectivity index (χ0n) is 11.8. The largest absolute Gasteiger partial charge is 0.378 e. The van der Waals surface area contributed by atoms with Crippen LogP contribution in [0.1, 0.15) is 5.56 Å². The first-order chi connectivity index (χ1) is 10.8. The lowest BCUT2D eigenvalue weighted by Crippen LogP contribution is -2.36. The van der Waals surface area contributed by atoms with E-state index < -0.39 is 0 Å². The summed E-state index contributed by atoms with van der Waals surface area (Å²) in [6.45, 7) is 3.71. The summed E-state index contributed by atoms with van der Waals surface area (Å²) in [4.78, 5) is 22.9. The fourth-order valence-electron chi connectivity index (χ4n) is 2.46. The second-order valence-electron chi connectivity index (χ2n) is 5.06. The van der Waals surface area contributed by atoms with Gasteiger partial charge in [-0.25, -0.2) is 4.98 Å². The maximum Gasteiger partial charge on any atom is 0.292 e. The van der Waals surface area contributed by atoms with Crippen LogP contribution in [0.4, 0.5) is 5.13 Å². The van der Waals surface area contributed by atoms with Crippen LogP contribution >= 0.6 is 22.7 Å². The number of thiophene rings is 1. The third-order valence-electron chi connectivity index (χ3n) is 3.59. The molecular weight excluding hydrogens is 320 g/mol. The molecule has 4 rings (SSSR count). The summed E-state index contributed by atoms with van der Waals surface area (Å²) in [6, 6.07) is 2.07. The van der Waals surface area contributed by atoms with E-state index in [1.54, 1.807) is 17.7 Å². The van der Waals surface area contributed by atoms with Crippen LogP contribution in [-0.2, 0) is 11.3 Å². The van der Waals surface area contributed by atoms with Crippen molar-refractivity contribution in [3.8, 4) is 0 Å². The molecule has 0 N–H and O–H groups in total. The molecule has 4 heterocycles. The molecule has 0 amide bonds. The zero-order chi connectivity index (χ0) is 14.9. The first-order valence-corrected chi connectivity index (χ1v) is 8.77. The van der Waals surface area contributed by atoms with E-state index in [1.807, 2.05) is 9.95 Å².